The van der Waals surface area contributed by atoms with Gasteiger partial charge in [0.25, 0.3) is 0 Å². The van der Waals surface area contributed by atoms with E-state index in [1.54, 1.807) is 16.8 Å². The Balaban J connectivity index is 2.14. The van der Waals surface area contributed by atoms with E-state index in [2.05, 4.69) is 10.1 Å². The van der Waals surface area contributed by atoms with Crippen LogP contribution in [0.1, 0.15) is 29.2 Å². The summed E-state index contributed by atoms with van der Waals surface area (Å²) in [6, 6.07) is 18.9. The minimum Gasteiger partial charge on any atom is -0.286 e. The highest BCUT2D eigenvalue weighted by atomic mass is 32.1. The lowest BCUT2D eigenvalue weighted by atomic mass is 10.1. The average molecular weight is 335 g/mol. The van der Waals surface area contributed by atoms with Gasteiger partial charge in [-0.2, -0.15) is 5.10 Å². The average Bonchev–Trinajstić information content (AvgIpc) is 3.06. The summed E-state index contributed by atoms with van der Waals surface area (Å²) in [6.45, 7) is 3.86. The van der Waals surface area contributed by atoms with E-state index in [1.165, 1.54) is 11.3 Å². The van der Waals surface area contributed by atoms with E-state index < -0.39 is 0 Å². The van der Waals surface area contributed by atoms with Crippen molar-refractivity contribution in [3.63, 3.8) is 0 Å². The van der Waals surface area contributed by atoms with Crippen LogP contribution in [0.15, 0.2) is 77.4 Å². The second-order valence-corrected chi connectivity index (χ2v) is 6.13. The largest absolute Gasteiger partial charge is 0.286 e. The molecule has 4 nitrogen and oxygen atoms in total. The van der Waals surface area contributed by atoms with Gasteiger partial charge in [0.1, 0.15) is 0 Å². The molecule has 1 aromatic heterocycles. The summed E-state index contributed by atoms with van der Waals surface area (Å²) < 4.78 is 1.72. The topological polar surface area (TPSA) is 47.2 Å². The molecule has 2 aromatic carbocycles. The van der Waals surface area contributed by atoms with Crippen LogP contribution in [0.25, 0.3) is 5.69 Å². The molecule has 0 radical (unpaired) electrons. The Morgan fingerprint density at radius 3 is 2.33 bits per heavy atom. The van der Waals surface area contributed by atoms with E-state index >= 15 is 0 Å². The van der Waals surface area contributed by atoms with E-state index in [-0.39, 0.29) is 5.78 Å². The molecule has 1 heterocycles. The SMILES string of the molecule is CC=C(C)N=c1sc(C(=O)c2ccccc2)nn1-c1ccccc1. The molecular formula is C19H17N3OS. The van der Waals surface area contributed by atoms with Gasteiger partial charge in [0, 0.05) is 11.3 Å². The molecule has 0 aliphatic heterocycles. The van der Waals surface area contributed by atoms with Gasteiger partial charge in [0.2, 0.25) is 10.6 Å². The fourth-order valence-corrected chi connectivity index (χ4v) is 3.04. The number of hydrogen-bond acceptors (Lipinski definition) is 4. The molecular weight excluding hydrogens is 318 g/mol. The Hall–Kier alpha value is -2.79. The minimum atomic E-state index is -0.0927. The summed E-state index contributed by atoms with van der Waals surface area (Å²) in [4.78, 5) is 17.9. The second kappa shape index (κ2) is 7.19. The third kappa shape index (κ3) is 3.41. The van der Waals surface area contributed by atoms with Crippen molar-refractivity contribution >= 4 is 17.1 Å². The molecule has 0 N–H and O–H groups in total. The summed E-state index contributed by atoms with van der Waals surface area (Å²) in [5.41, 5.74) is 2.38. The smallest absolute Gasteiger partial charge is 0.223 e. The number of ketones is 1. The Bertz CT molecular complexity index is 938. The molecule has 0 aliphatic carbocycles. The first-order valence-electron chi connectivity index (χ1n) is 7.62. The number of allylic oxidation sites excluding steroid dienone is 2. The first-order chi connectivity index (χ1) is 11.7. The zero-order valence-electron chi connectivity index (χ0n) is 13.5. The van der Waals surface area contributed by atoms with Gasteiger partial charge in [-0.05, 0) is 26.0 Å². The van der Waals surface area contributed by atoms with Crippen LogP contribution in [0.3, 0.4) is 0 Å². The van der Waals surface area contributed by atoms with Crippen LogP contribution in [0.5, 0.6) is 0 Å². The molecule has 3 aromatic rings. The van der Waals surface area contributed by atoms with Gasteiger partial charge in [0.15, 0.2) is 5.01 Å². The quantitative estimate of drug-likeness (QED) is 0.677. The monoisotopic (exact) mass is 335 g/mol. The van der Waals surface area contributed by atoms with Crippen molar-refractivity contribution < 1.29 is 4.79 Å². The molecule has 0 spiro atoms. The van der Waals surface area contributed by atoms with Crippen LogP contribution < -0.4 is 4.80 Å². The van der Waals surface area contributed by atoms with Crippen molar-refractivity contribution in [3.05, 3.63) is 87.8 Å². The van der Waals surface area contributed by atoms with Crippen molar-refractivity contribution in [2.45, 2.75) is 13.8 Å². The Morgan fingerprint density at radius 1 is 1.08 bits per heavy atom. The number of rotatable bonds is 4. The Morgan fingerprint density at radius 2 is 1.71 bits per heavy atom. The van der Waals surface area contributed by atoms with Crippen LogP contribution in [0.2, 0.25) is 0 Å². The van der Waals surface area contributed by atoms with Crippen molar-refractivity contribution in [2.24, 2.45) is 4.99 Å². The molecule has 0 amide bonds. The van der Waals surface area contributed by atoms with E-state index in [9.17, 15) is 4.79 Å². The summed E-state index contributed by atoms with van der Waals surface area (Å²) in [7, 11) is 0. The number of hydrogen-bond donors (Lipinski definition) is 0. The van der Waals surface area contributed by atoms with Gasteiger partial charge in [-0.3, -0.25) is 4.79 Å². The van der Waals surface area contributed by atoms with Crippen LogP contribution in [-0.2, 0) is 0 Å². The number of carbonyl (C=O) groups is 1. The molecule has 0 aliphatic rings. The summed E-state index contributed by atoms with van der Waals surface area (Å²) in [6.07, 6.45) is 1.92. The van der Waals surface area contributed by atoms with E-state index in [0.29, 0.717) is 15.4 Å². The second-order valence-electron chi connectivity index (χ2n) is 5.17. The third-order valence-corrected chi connectivity index (χ3v) is 4.39. The predicted octanol–water partition coefficient (Wildman–Crippen LogP) is 3.99. The maximum absolute atomic E-state index is 12.7. The molecule has 5 heteroatoms. The summed E-state index contributed by atoms with van der Waals surface area (Å²) >= 11 is 1.30. The Labute approximate surface area is 144 Å². The van der Waals surface area contributed by atoms with Crippen LogP contribution in [-0.4, -0.2) is 15.6 Å². The van der Waals surface area contributed by atoms with Crippen molar-refractivity contribution in [2.75, 3.05) is 0 Å². The van der Waals surface area contributed by atoms with Gasteiger partial charge in [0.05, 0.1) is 5.69 Å². The fourth-order valence-electron chi connectivity index (χ4n) is 2.11. The van der Waals surface area contributed by atoms with Gasteiger partial charge in [-0.15, -0.1) is 0 Å². The minimum absolute atomic E-state index is 0.0927. The lowest BCUT2D eigenvalue weighted by Crippen LogP contribution is -2.14. The molecule has 0 atom stereocenters. The number of aromatic nitrogens is 2. The molecule has 0 unspecified atom stereocenters. The van der Waals surface area contributed by atoms with Crippen molar-refractivity contribution in [1.82, 2.24) is 9.78 Å². The molecule has 0 bridgehead atoms. The van der Waals surface area contributed by atoms with E-state index in [0.717, 1.165) is 11.4 Å². The van der Waals surface area contributed by atoms with Crippen molar-refractivity contribution in [1.29, 1.82) is 0 Å². The van der Waals surface area contributed by atoms with Gasteiger partial charge in [-0.25, -0.2) is 9.67 Å². The molecule has 0 saturated carbocycles. The highest BCUT2D eigenvalue weighted by Gasteiger charge is 2.16. The van der Waals surface area contributed by atoms with Crippen LogP contribution >= 0.6 is 11.3 Å². The highest BCUT2D eigenvalue weighted by Crippen LogP contribution is 2.12. The molecule has 24 heavy (non-hydrogen) atoms. The zero-order chi connectivity index (χ0) is 16.9. The standard InChI is InChI=1S/C19H17N3OS/c1-3-14(2)20-19-22(16-12-8-5-9-13-16)21-18(24-19)17(23)15-10-6-4-7-11-15/h3-13H,1-2H3. The number of para-hydroxylation sites is 1. The van der Waals surface area contributed by atoms with Gasteiger partial charge >= 0.3 is 0 Å². The molecule has 3 rings (SSSR count). The molecule has 0 fully saturated rings. The van der Waals surface area contributed by atoms with Crippen LogP contribution in [0, 0.1) is 0 Å². The lowest BCUT2D eigenvalue weighted by molar-refractivity contribution is 0.103. The summed E-state index contributed by atoms with van der Waals surface area (Å²) in [5.74, 6) is -0.0927. The Kier molecular flexibility index (Phi) is 4.82. The van der Waals surface area contributed by atoms with Gasteiger partial charge in [-0.1, -0.05) is 65.9 Å². The molecule has 120 valence electrons. The maximum atomic E-state index is 12.7. The third-order valence-electron chi connectivity index (χ3n) is 3.48. The zero-order valence-corrected chi connectivity index (χ0v) is 14.3. The first-order valence-corrected chi connectivity index (χ1v) is 8.43. The van der Waals surface area contributed by atoms with Crippen LogP contribution in [0.4, 0.5) is 0 Å². The summed E-state index contributed by atoms with van der Waals surface area (Å²) in [5, 5.41) is 4.93. The highest BCUT2D eigenvalue weighted by molar-refractivity contribution is 7.11. The maximum Gasteiger partial charge on any atom is 0.223 e. The normalized spacial score (nSPS) is 12.4. The number of carbonyl (C=O) groups excluding carboxylic acids is 1. The molecule has 0 saturated heterocycles. The van der Waals surface area contributed by atoms with E-state index in [4.69, 9.17) is 0 Å². The fraction of sp³-hybridized carbons (Fsp3) is 0.105. The van der Waals surface area contributed by atoms with E-state index in [1.807, 2.05) is 68.5 Å². The van der Waals surface area contributed by atoms with Gasteiger partial charge < -0.3 is 0 Å². The number of nitrogens with zero attached hydrogens (tertiary/aromatic N) is 3. The first kappa shape index (κ1) is 16.1. The lowest BCUT2D eigenvalue weighted by Gasteiger charge is -2.00. The number of benzene rings is 2. The van der Waals surface area contributed by atoms with Crippen molar-refractivity contribution in [3.8, 4) is 5.69 Å². The predicted molar refractivity (Wildman–Crippen MR) is 96.3 cm³/mol.